The number of carbonyl (C=O) groups excluding carboxylic acids is 2. The largest absolute Gasteiger partial charge is 0.395 e. The fourth-order valence-corrected chi connectivity index (χ4v) is 5.36. The van der Waals surface area contributed by atoms with Gasteiger partial charge in [-0.25, -0.2) is 14.4 Å². The monoisotopic (exact) mass is 471 g/mol. The standard InChI is InChI=1S/C25H22FN7O2/c1-12-6-7-16-14(8-29-33-16)17(12)19-18(27)20(21(28)34)32-22(31-19)13-4-2-3-5-15(13)30-23(35)24-9-25(26,10-24)11-24/h2-8H,9-11,27H2,1H3,(H2,28,34)(H,29,33)(H,30,35). The SMILES string of the molecule is Cc1ccc2[nH]ncc2c1-c1nc(-c2ccccc2NC(=O)C23CC(F)(C2)C3)nc(C(N)=O)c1N. The summed E-state index contributed by atoms with van der Waals surface area (Å²) in [4.78, 5) is 34.3. The van der Waals surface area contributed by atoms with Crippen LogP contribution in [-0.2, 0) is 4.79 Å². The Hall–Kier alpha value is -4.34. The van der Waals surface area contributed by atoms with E-state index in [1.165, 1.54) is 0 Å². The summed E-state index contributed by atoms with van der Waals surface area (Å²) in [5, 5.41) is 10.7. The van der Waals surface area contributed by atoms with Gasteiger partial charge < -0.3 is 16.8 Å². The molecule has 0 radical (unpaired) electrons. The Morgan fingerprint density at radius 1 is 1.11 bits per heavy atom. The molecule has 6 N–H and O–H groups in total. The number of H-pyrrole nitrogens is 1. The number of rotatable bonds is 5. The van der Waals surface area contributed by atoms with Crippen molar-refractivity contribution in [3.8, 4) is 22.6 Å². The molecule has 0 unspecified atom stereocenters. The molecule has 7 rings (SSSR count). The molecule has 2 heterocycles. The van der Waals surface area contributed by atoms with Gasteiger partial charge in [0.15, 0.2) is 11.5 Å². The van der Waals surface area contributed by atoms with Crippen LogP contribution in [0.2, 0.25) is 0 Å². The number of amides is 2. The number of hydrogen-bond donors (Lipinski definition) is 4. The second-order valence-electron chi connectivity index (χ2n) is 9.57. The molecule has 9 nitrogen and oxygen atoms in total. The number of nitrogens with two attached hydrogens (primary N) is 2. The van der Waals surface area contributed by atoms with Crippen molar-refractivity contribution in [1.82, 2.24) is 20.2 Å². The lowest BCUT2D eigenvalue weighted by Gasteiger charge is -2.64. The Balaban J connectivity index is 1.49. The van der Waals surface area contributed by atoms with Crippen molar-refractivity contribution in [2.75, 3.05) is 11.1 Å². The quantitative estimate of drug-likeness (QED) is 0.349. The number of anilines is 2. The number of nitrogens with zero attached hydrogens (tertiary/aromatic N) is 3. The lowest BCUT2D eigenvalue weighted by molar-refractivity contribution is -0.209. The molecule has 3 fully saturated rings. The Labute approximate surface area is 199 Å². The van der Waals surface area contributed by atoms with Crippen LogP contribution in [0.25, 0.3) is 33.5 Å². The average Bonchev–Trinajstić information content (AvgIpc) is 3.26. The summed E-state index contributed by atoms with van der Waals surface area (Å²) >= 11 is 0. The first-order chi connectivity index (χ1) is 16.7. The number of halogens is 1. The maximum absolute atomic E-state index is 14.0. The smallest absolute Gasteiger partial charge is 0.269 e. The maximum atomic E-state index is 14.0. The van der Waals surface area contributed by atoms with E-state index in [9.17, 15) is 14.0 Å². The van der Waals surface area contributed by atoms with Crippen molar-refractivity contribution in [3.05, 3.63) is 53.9 Å². The highest BCUT2D eigenvalue weighted by Crippen LogP contribution is 2.69. The molecule has 2 bridgehead atoms. The molecule has 3 aliphatic carbocycles. The third-order valence-corrected chi connectivity index (χ3v) is 7.11. The Kier molecular flexibility index (Phi) is 4.29. The molecule has 2 amide bonds. The second kappa shape index (κ2) is 7.08. The summed E-state index contributed by atoms with van der Waals surface area (Å²) in [6.07, 6.45) is 2.40. The number of para-hydroxylation sites is 1. The van der Waals surface area contributed by atoms with E-state index >= 15 is 0 Å². The first-order valence-electron chi connectivity index (χ1n) is 11.2. The summed E-state index contributed by atoms with van der Waals surface area (Å²) < 4.78 is 14.0. The fourth-order valence-electron chi connectivity index (χ4n) is 5.36. The van der Waals surface area contributed by atoms with E-state index in [2.05, 4.69) is 20.5 Å². The van der Waals surface area contributed by atoms with E-state index in [-0.39, 0.29) is 42.4 Å². The molecule has 0 aliphatic heterocycles. The van der Waals surface area contributed by atoms with Crippen LogP contribution in [0.3, 0.4) is 0 Å². The van der Waals surface area contributed by atoms with E-state index in [1.807, 2.05) is 19.1 Å². The van der Waals surface area contributed by atoms with Crippen LogP contribution >= 0.6 is 0 Å². The third kappa shape index (κ3) is 3.09. The van der Waals surface area contributed by atoms with E-state index in [0.717, 1.165) is 16.5 Å². The fraction of sp³-hybridized carbons (Fsp3) is 0.240. The van der Waals surface area contributed by atoms with Gasteiger partial charge in [0.1, 0.15) is 5.67 Å². The number of aromatic nitrogens is 4. The van der Waals surface area contributed by atoms with Crippen molar-refractivity contribution < 1.29 is 14.0 Å². The normalized spacial score (nSPS) is 22.3. The molecule has 3 saturated carbocycles. The lowest BCUT2D eigenvalue weighted by atomic mass is 9.42. The number of benzene rings is 2. The number of fused-ring (bicyclic) bond motifs is 1. The second-order valence-corrected chi connectivity index (χ2v) is 9.57. The maximum Gasteiger partial charge on any atom is 0.269 e. The zero-order valence-corrected chi connectivity index (χ0v) is 18.9. The van der Waals surface area contributed by atoms with E-state index < -0.39 is 17.0 Å². The minimum absolute atomic E-state index is 0.0571. The molecule has 35 heavy (non-hydrogen) atoms. The minimum atomic E-state index is -1.19. The highest BCUT2D eigenvalue weighted by Gasteiger charge is 2.72. The Morgan fingerprint density at radius 3 is 2.57 bits per heavy atom. The van der Waals surface area contributed by atoms with Crippen LogP contribution in [0.5, 0.6) is 0 Å². The van der Waals surface area contributed by atoms with Crippen LogP contribution in [0.15, 0.2) is 42.6 Å². The predicted molar refractivity (Wildman–Crippen MR) is 129 cm³/mol. The summed E-state index contributed by atoms with van der Waals surface area (Å²) in [6, 6.07) is 10.8. The number of nitrogen functional groups attached to an aromatic ring is 1. The Morgan fingerprint density at radius 2 is 1.86 bits per heavy atom. The molecule has 176 valence electrons. The molecular weight excluding hydrogens is 449 g/mol. The average molecular weight is 471 g/mol. The topological polar surface area (TPSA) is 153 Å². The predicted octanol–water partition coefficient (Wildman–Crippen LogP) is 3.51. The minimum Gasteiger partial charge on any atom is -0.395 e. The summed E-state index contributed by atoms with van der Waals surface area (Å²) in [5.74, 6) is -0.847. The van der Waals surface area contributed by atoms with Crippen LogP contribution in [0.4, 0.5) is 15.8 Å². The molecule has 2 aromatic carbocycles. The molecule has 4 aromatic rings. The van der Waals surface area contributed by atoms with Gasteiger partial charge in [0.25, 0.3) is 5.91 Å². The lowest BCUT2D eigenvalue weighted by Crippen LogP contribution is -2.68. The van der Waals surface area contributed by atoms with Crippen molar-refractivity contribution in [2.45, 2.75) is 31.9 Å². The zero-order valence-electron chi connectivity index (χ0n) is 18.9. The number of aryl methyl sites for hydroxylation is 1. The van der Waals surface area contributed by atoms with Crippen molar-refractivity contribution in [1.29, 1.82) is 0 Å². The number of aromatic amines is 1. The Bertz CT molecular complexity index is 1540. The molecule has 2 aromatic heterocycles. The van der Waals surface area contributed by atoms with Crippen LogP contribution in [0, 0.1) is 12.3 Å². The third-order valence-electron chi connectivity index (χ3n) is 7.11. The van der Waals surface area contributed by atoms with Crippen molar-refractivity contribution in [3.63, 3.8) is 0 Å². The van der Waals surface area contributed by atoms with Gasteiger partial charge in [-0.05, 0) is 49.9 Å². The van der Waals surface area contributed by atoms with Gasteiger partial charge in [0.05, 0.1) is 34.2 Å². The highest BCUT2D eigenvalue weighted by molar-refractivity contribution is 6.05. The molecular formula is C25H22FN7O2. The van der Waals surface area contributed by atoms with Gasteiger partial charge in [-0.15, -0.1) is 0 Å². The van der Waals surface area contributed by atoms with Gasteiger partial charge in [0, 0.05) is 16.5 Å². The highest BCUT2D eigenvalue weighted by atomic mass is 19.1. The zero-order chi connectivity index (χ0) is 24.5. The van der Waals surface area contributed by atoms with Crippen molar-refractivity contribution in [2.24, 2.45) is 11.1 Å². The first-order valence-corrected chi connectivity index (χ1v) is 11.2. The van der Waals surface area contributed by atoms with Crippen LogP contribution in [-0.4, -0.2) is 37.6 Å². The van der Waals surface area contributed by atoms with Crippen molar-refractivity contribution >= 4 is 34.1 Å². The molecule has 0 saturated heterocycles. The van der Waals surface area contributed by atoms with Gasteiger partial charge in [0.2, 0.25) is 5.91 Å². The van der Waals surface area contributed by atoms with Gasteiger partial charge in [-0.3, -0.25) is 14.7 Å². The summed E-state index contributed by atoms with van der Waals surface area (Å²) in [7, 11) is 0. The van der Waals surface area contributed by atoms with E-state index in [0.29, 0.717) is 22.5 Å². The number of alkyl halides is 1. The number of hydrogen-bond acceptors (Lipinski definition) is 6. The number of primary amides is 1. The molecule has 0 atom stereocenters. The molecule has 3 aliphatic rings. The number of carbonyl (C=O) groups is 2. The van der Waals surface area contributed by atoms with Gasteiger partial charge in [-0.1, -0.05) is 18.2 Å². The van der Waals surface area contributed by atoms with Gasteiger partial charge in [-0.2, -0.15) is 5.10 Å². The first kappa shape index (κ1) is 21.2. The molecule has 10 heteroatoms. The van der Waals surface area contributed by atoms with Crippen LogP contribution in [0.1, 0.15) is 35.3 Å². The van der Waals surface area contributed by atoms with Gasteiger partial charge >= 0.3 is 0 Å². The van der Waals surface area contributed by atoms with Crippen LogP contribution < -0.4 is 16.8 Å². The van der Waals surface area contributed by atoms with E-state index in [1.54, 1.807) is 30.5 Å². The molecule has 0 spiro atoms. The summed E-state index contributed by atoms with van der Waals surface area (Å²) in [5.41, 5.74) is 13.7. The van der Waals surface area contributed by atoms with E-state index in [4.69, 9.17) is 16.5 Å². The number of nitrogens with one attached hydrogen (secondary N) is 2. The summed E-state index contributed by atoms with van der Waals surface area (Å²) in [6.45, 7) is 1.91.